The van der Waals surface area contributed by atoms with Gasteiger partial charge in [-0.2, -0.15) is 0 Å². The van der Waals surface area contributed by atoms with E-state index in [-0.39, 0.29) is 32.3 Å². The van der Waals surface area contributed by atoms with Gasteiger partial charge >= 0.3 is 13.8 Å². The highest BCUT2D eigenvalue weighted by Crippen LogP contribution is 2.43. The highest BCUT2D eigenvalue weighted by atomic mass is 31.2. The first-order chi connectivity index (χ1) is 20.9. The topological polar surface area (TPSA) is 117 Å². The van der Waals surface area contributed by atoms with Crippen LogP contribution in [0.4, 0.5) is 0 Å². The predicted molar refractivity (Wildman–Crippen MR) is 178 cm³/mol. The number of ether oxygens (including phenoxy) is 2. The van der Waals surface area contributed by atoms with Gasteiger partial charge in [-0.05, 0) is 12.8 Å². The molecule has 0 aromatic carbocycles. The van der Waals surface area contributed by atoms with Crippen LogP contribution in [0.5, 0.6) is 0 Å². The quantitative estimate of drug-likeness (QED) is 0.0401. The van der Waals surface area contributed by atoms with Crippen LogP contribution in [0.2, 0.25) is 0 Å². The van der Waals surface area contributed by atoms with Crippen molar-refractivity contribution in [3.63, 3.8) is 0 Å². The molecule has 8 nitrogen and oxygen atoms in total. The average Bonchev–Trinajstić information content (AvgIpc) is 2.99. The highest BCUT2D eigenvalue weighted by molar-refractivity contribution is 7.47. The fraction of sp³-hybridized carbons (Fsp3) is 0.971. The number of rotatable bonds is 35. The van der Waals surface area contributed by atoms with Gasteiger partial charge in [-0.1, -0.05) is 155 Å². The fourth-order valence-corrected chi connectivity index (χ4v) is 5.88. The van der Waals surface area contributed by atoms with Gasteiger partial charge in [-0.15, -0.1) is 0 Å². The van der Waals surface area contributed by atoms with Gasteiger partial charge in [0.15, 0.2) is 0 Å². The summed E-state index contributed by atoms with van der Waals surface area (Å²) in [5.74, 6) is -0.330. The number of phosphoric ester groups is 1. The molecule has 3 N–H and O–H groups in total. The molecule has 2 atom stereocenters. The number of unbranched alkanes of at least 4 members (excludes halogenated alkanes) is 22. The molecule has 0 aromatic rings. The lowest BCUT2D eigenvalue weighted by molar-refractivity contribution is -0.154. The van der Waals surface area contributed by atoms with Crippen molar-refractivity contribution in [3.8, 4) is 0 Å². The first-order valence-corrected chi connectivity index (χ1v) is 19.5. The summed E-state index contributed by atoms with van der Waals surface area (Å²) in [5, 5.41) is 0. The highest BCUT2D eigenvalue weighted by Gasteiger charge is 2.25. The van der Waals surface area contributed by atoms with Gasteiger partial charge in [-0.25, -0.2) is 4.57 Å². The van der Waals surface area contributed by atoms with E-state index < -0.39 is 13.9 Å². The lowest BCUT2D eigenvalue weighted by Gasteiger charge is -2.20. The molecule has 1 unspecified atom stereocenters. The molecule has 0 bridgehead atoms. The molecule has 43 heavy (non-hydrogen) atoms. The molecule has 0 aliphatic heterocycles. The molecule has 0 aromatic heterocycles. The zero-order chi connectivity index (χ0) is 31.7. The van der Waals surface area contributed by atoms with Gasteiger partial charge in [0.2, 0.25) is 0 Å². The first-order valence-electron chi connectivity index (χ1n) is 18.0. The largest absolute Gasteiger partial charge is 0.472 e. The first kappa shape index (κ1) is 42.5. The lowest BCUT2D eigenvalue weighted by atomic mass is 10.0. The zero-order valence-electron chi connectivity index (χ0n) is 28.2. The van der Waals surface area contributed by atoms with E-state index in [1.165, 1.54) is 122 Å². The number of phosphoric acid groups is 1. The van der Waals surface area contributed by atoms with Crippen LogP contribution in [-0.2, 0) is 27.9 Å². The van der Waals surface area contributed by atoms with E-state index in [0.717, 1.165) is 32.1 Å². The Morgan fingerprint density at radius 3 is 1.47 bits per heavy atom. The second kappa shape index (κ2) is 32.9. The van der Waals surface area contributed by atoms with Gasteiger partial charge in [-0.3, -0.25) is 13.8 Å². The van der Waals surface area contributed by atoms with E-state index in [9.17, 15) is 14.3 Å². The molecular weight excluding hydrogens is 565 g/mol. The molecule has 0 aliphatic carbocycles. The molecule has 0 fully saturated rings. The third-order valence-electron chi connectivity index (χ3n) is 7.77. The number of esters is 1. The molecule has 258 valence electrons. The number of carbonyl (C=O) groups is 1. The van der Waals surface area contributed by atoms with Crippen LogP contribution in [0.1, 0.15) is 174 Å². The summed E-state index contributed by atoms with van der Waals surface area (Å²) in [6.45, 7) is 4.93. The summed E-state index contributed by atoms with van der Waals surface area (Å²) in [6, 6.07) is 0. The normalized spacial score (nSPS) is 13.7. The summed E-state index contributed by atoms with van der Waals surface area (Å²) < 4.78 is 33.2. The Morgan fingerprint density at radius 1 is 0.605 bits per heavy atom. The van der Waals surface area contributed by atoms with Crippen LogP contribution in [0.15, 0.2) is 0 Å². The van der Waals surface area contributed by atoms with Crippen molar-refractivity contribution in [2.45, 2.75) is 180 Å². The molecule has 0 amide bonds. The van der Waals surface area contributed by atoms with Crippen molar-refractivity contribution in [1.29, 1.82) is 0 Å². The maximum Gasteiger partial charge on any atom is 0.472 e. The second-order valence-electron chi connectivity index (χ2n) is 12.1. The number of nitrogens with two attached hydrogens (primary N) is 1. The van der Waals surface area contributed by atoms with Crippen LogP contribution >= 0.6 is 7.82 Å². The summed E-state index contributed by atoms with van der Waals surface area (Å²) >= 11 is 0. The summed E-state index contributed by atoms with van der Waals surface area (Å²) in [5.41, 5.74) is 5.34. The Kier molecular flexibility index (Phi) is 32.5. The molecule has 0 saturated carbocycles. The van der Waals surface area contributed by atoms with Crippen LogP contribution < -0.4 is 5.73 Å². The smallest absolute Gasteiger partial charge is 0.457 e. The predicted octanol–water partition coefficient (Wildman–Crippen LogP) is 9.80. The Labute approximate surface area is 265 Å². The van der Waals surface area contributed by atoms with E-state index in [4.69, 9.17) is 24.3 Å². The zero-order valence-corrected chi connectivity index (χ0v) is 29.1. The SMILES string of the molecule is CCCCCCCCCCCCCCCCOC[C@H](COP(=O)(O)OCCN)OC(=O)CCCCCCCCCCCC. The Bertz CT molecular complexity index is 638. The fourth-order valence-electron chi connectivity index (χ4n) is 5.11. The third kappa shape index (κ3) is 32.7. The molecule has 9 heteroatoms. The van der Waals surface area contributed by atoms with Gasteiger partial charge in [0.1, 0.15) is 6.10 Å². The number of hydrogen-bond acceptors (Lipinski definition) is 7. The minimum atomic E-state index is -4.26. The third-order valence-corrected chi connectivity index (χ3v) is 8.76. The summed E-state index contributed by atoms with van der Waals surface area (Å²) in [7, 11) is -4.26. The Hall–Kier alpha value is -0.500. The van der Waals surface area contributed by atoms with E-state index >= 15 is 0 Å². The summed E-state index contributed by atoms with van der Waals surface area (Å²) in [4.78, 5) is 22.3. The second-order valence-corrected chi connectivity index (χ2v) is 13.6. The van der Waals surface area contributed by atoms with Crippen molar-refractivity contribution >= 4 is 13.8 Å². The van der Waals surface area contributed by atoms with Crippen molar-refractivity contribution in [2.24, 2.45) is 5.73 Å². The molecule has 0 radical (unpaired) electrons. The number of carbonyl (C=O) groups excluding carboxylic acids is 1. The molecule has 0 rings (SSSR count). The molecule has 0 spiro atoms. The van der Waals surface area contributed by atoms with Gasteiger partial charge in [0, 0.05) is 19.6 Å². The molecule has 0 saturated heterocycles. The van der Waals surface area contributed by atoms with Crippen LogP contribution in [0, 0.1) is 0 Å². The van der Waals surface area contributed by atoms with E-state index in [0.29, 0.717) is 13.0 Å². The maximum atomic E-state index is 12.4. The van der Waals surface area contributed by atoms with Crippen molar-refractivity contribution in [3.05, 3.63) is 0 Å². The van der Waals surface area contributed by atoms with Crippen molar-refractivity contribution < 1.29 is 32.8 Å². The monoisotopic (exact) mass is 635 g/mol. The molecule has 0 heterocycles. The molecular formula is C34H70NO7P. The minimum Gasteiger partial charge on any atom is -0.457 e. The van der Waals surface area contributed by atoms with Crippen LogP contribution in [-0.4, -0.2) is 49.9 Å². The number of hydrogen-bond donors (Lipinski definition) is 2. The lowest BCUT2D eigenvalue weighted by Crippen LogP contribution is -2.28. The van der Waals surface area contributed by atoms with E-state index in [2.05, 4.69) is 13.8 Å². The van der Waals surface area contributed by atoms with Gasteiger partial charge < -0.3 is 20.1 Å². The van der Waals surface area contributed by atoms with Gasteiger partial charge in [0.05, 0.1) is 19.8 Å². The minimum absolute atomic E-state index is 0.0907. The standard InChI is InChI=1S/C34H70NO7P/c1-3-5-7-9-11-13-15-16-17-18-20-22-24-26-29-39-31-33(32-41-43(37,38)40-30-28-35)42-34(36)27-25-23-21-19-14-12-10-8-6-4-2/h33H,3-32,35H2,1-2H3,(H,37,38)/t33-/m1/s1. The van der Waals surface area contributed by atoms with E-state index in [1.807, 2.05) is 0 Å². The molecule has 0 aliphatic rings. The van der Waals surface area contributed by atoms with E-state index in [1.54, 1.807) is 0 Å². The van der Waals surface area contributed by atoms with Crippen LogP contribution in [0.25, 0.3) is 0 Å². The van der Waals surface area contributed by atoms with Crippen molar-refractivity contribution in [1.82, 2.24) is 0 Å². The maximum absolute atomic E-state index is 12.4. The van der Waals surface area contributed by atoms with Crippen molar-refractivity contribution in [2.75, 3.05) is 33.0 Å². The van der Waals surface area contributed by atoms with Gasteiger partial charge in [0.25, 0.3) is 0 Å². The Balaban J connectivity index is 4.06. The average molecular weight is 636 g/mol. The van der Waals surface area contributed by atoms with Crippen LogP contribution in [0.3, 0.4) is 0 Å². The Morgan fingerprint density at radius 2 is 1.02 bits per heavy atom. The summed E-state index contributed by atoms with van der Waals surface area (Å²) in [6.07, 6.45) is 29.7.